The highest BCUT2D eigenvalue weighted by Crippen LogP contribution is 2.16. The minimum atomic E-state index is -0.574. The van der Waals surface area contributed by atoms with Gasteiger partial charge in [0, 0.05) is 19.5 Å². The smallest absolute Gasteiger partial charge is 0.312 e. The van der Waals surface area contributed by atoms with E-state index >= 15 is 0 Å². The third-order valence-electron chi connectivity index (χ3n) is 2.80. The molecule has 0 bridgehead atoms. The van der Waals surface area contributed by atoms with Crippen LogP contribution in [0.5, 0.6) is 0 Å². The summed E-state index contributed by atoms with van der Waals surface area (Å²) < 4.78 is 0. The molecule has 0 aliphatic rings. The van der Waals surface area contributed by atoms with Gasteiger partial charge in [-0.15, -0.1) is 0 Å². The molecule has 0 saturated carbocycles. The second-order valence-electron chi connectivity index (χ2n) is 4.41. The molecular formula is C12H26N4O2. The van der Waals surface area contributed by atoms with Crippen LogP contribution in [0, 0.1) is 5.92 Å². The number of hydrogen-bond donors (Lipinski definition) is 4. The molecule has 6 N–H and O–H groups in total. The maximum atomic E-state index is 11.5. The molecule has 0 aromatic carbocycles. The van der Waals surface area contributed by atoms with Crippen LogP contribution in [0.1, 0.15) is 39.0 Å². The molecule has 1 atom stereocenters. The van der Waals surface area contributed by atoms with E-state index in [1.54, 1.807) is 0 Å². The lowest BCUT2D eigenvalue weighted by atomic mass is 9.94. The highest BCUT2D eigenvalue weighted by Gasteiger charge is 2.09. The third kappa shape index (κ3) is 9.89. The standard InChI is InChI=1S/C12H26N4O2/c1-2-3-10(6-7-13)4-5-11(17)15-8-9-16-12(14)18/h10H,2-9,13H2,1H3,(H,15,17)(H3,14,16,18). The lowest BCUT2D eigenvalue weighted by molar-refractivity contribution is -0.121. The van der Waals surface area contributed by atoms with E-state index in [0.717, 1.165) is 25.7 Å². The molecule has 0 spiro atoms. The van der Waals surface area contributed by atoms with Gasteiger partial charge >= 0.3 is 6.03 Å². The lowest BCUT2D eigenvalue weighted by Gasteiger charge is -2.14. The van der Waals surface area contributed by atoms with Crippen molar-refractivity contribution in [1.29, 1.82) is 0 Å². The van der Waals surface area contributed by atoms with Crippen LogP contribution in [-0.4, -0.2) is 31.6 Å². The largest absolute Gasteiger partial charge is 0.354 e. The Morgan fingerprint density at radius 2 is 1.78 bits per heavy atom. The summed E-state index contributed by atoms with van der Waals surface area (Å²) in [6.45, 7) is 3.59. The van der Waals surface area contributed by atoms with Gasteiger partial charge in [-0.1, -0.05) is 19.8 Å². The Bertz CT molecular complexity index is 240. The topological polar surface area (TPSA) is 110 Å². The van der Waals surface area contributed by atoms with Gasteiger partial charge in [-0.3, -0.25) is 4.79 Å². The number of primary amides is 1. The predicted molar refractivity (Wildman–Crippen MR) is 71.9 cm³/mol. The maximum absolute atomic E-state index is 11.5. The van der Waals surface area contributed by atoms with Crippen LogP contribution < -0.4 is 22.1 Å². The molecule has 6 heteroatoms. The fourth-order valence-corrected chi connectivity index (χ4v) is 1.89. The van der Waals surface area contributed by atoms with Crippen LogP contribution in [0.15, 0.2) is 0 Å². The van der Waals surface area contributed by atoms with Gasteiger partial charge in [0.25, 0.3) is 0 Å². The molecule has 106 valence electrons. The summed E-state index contributed by atoms with van der Waals surface area (Å²) in [7, 11) is 0. The first-order valence-corrected chi connectivity index (χ1v) is 6.60. The number of amides is 3. The van der Waals surface area contributed by atoms with Crippen LogP contribution in [0.2, 0.25) is 0 Å². The zero-order valence-corrected chi connectivity index (χ0v) is 11.2. The number of nitrogens with one attached hydrogen (secondary N) is 2. The molecule has 0 aromatic rings. The molecule has 3 amide bonds. The molecule has 18 heavy (non-hydrogen) atoms. The minimum absolute atomic E-state index is 0.0133. The Morgan fingerprint density at radius 1 is 1.11 bits per heavy atom. The summed E-state index contributed by atoms with van der Waals surface area (Å²) >= 11 is 0. The summed E-state index contributed by atoms with van der Waals surface area (Å²) in [5.74, 6) is 0.550. The zero-order chi connectivity index (χ0) is 13.8. The van der Waals surface area contributed by atoms with Crippen LogP contribution in [0.4, 0.5) is 4.79 Å². The van der Waals surface area contributed by atoms with Crippen LogP contribution in [0.25, 0.3) is 0 Å². The van der Waals surface area contributed by atoms with Gasteiger partial charge in [0.1, 0.15) is 0 Å². The molecule has 1 unspecified atom stereocenters. The van der Waals surface area contributed by atoms with Crippen molar-refractivity contribution in [3.05, 3.63) is 0 Å². The van der Waals surface area contributed by atoms with E-state index in [2.05, 4.69) is 17.6 Å². The van der Waals surface area contributed by atoms with Gasteiger partial charge in [-0.2, -0.15) is 0 Å². The maximum Gasteiger partial charge on any atom is 0.312 e. The van der Waals surface area contributed by atoms with E-state index in [1.165, 1.54) is 0 Å². The molecule has 0 radical (unpaired) electrons. The van der Waals surface area contributed by atoms with Gasteiger partial charge in [0.15, 0.2) is 0 Å². The molecule has 0 aliphatic carbocycles. The average Bonchev–Trinajstić information content (AvgIpc) is 2.32. The van der Waals surface area contributed by atoms with Gasteiger partial charge in [-0.05, 0) is 25.3 Å². The van der Waals surface area contributed by atoms with Gasteiger partial charge in [0.05, 0.1) is 0 Å². The van der Waals surface area contributed by atoms with Crippen molar-refractivity contribution >= 4 is 11.9 Å². The van der Waals surface area contributed by atoms with Crippen molar-refractivity contribution in [2.45, 2.75) is 39.0 Å². The highest BCUT2D eigenvalue weighted by molar-refractivity contribution is 5.76. The number of nitrogens with two attached hydrogens (primary N) is 2. The van der Waals surface area contributed by atoms with Crippen LogP contribution in [-0.2, 0) is 4.79 Å². The Morgan fingerprint density at radius 3 is 2.33 bits per heavy atom. The highest BCUT2D eigenvalue weighted by atomic mass is 16.2. The number of rotatable bonds is 10. The van der Waals surface area contributed by atoms with E-state index in [1.807, 2.05) is 0 Å². The quantitative estimate of drug-likeness (QED) is 0.423. The first-order valence-electron chi connectivity index (χ1n) is 6.60. The van der Waals surface area contributed by atoms with Crippen LogP contribution >= 0.6 is 0 Å². The van der Waals surface area contributed by atoms with Crippen molar-refractivity contribution in [2.24, 2.45) is 17.4 Å². The average molecular weight is 258 g/mol. The SMILES string of the molecule is CCCC(CCN)CCC(=O)NCCNC(N)=O. The molecular weight excluding hydrogens is 232 g/mol. The molecule has 0 aliphatic heterocycles. The Balaban J connectivity index is 3.63. The third-order valence-corrected chi connectivity index (χ3v) is 2.80. The number of carbonyl (C=O) groups is 2. The normalized spacial score (nSPS) is 11.9. The van der Waals surface area contributed by atoms with E-state index in [0.29, 0.717) is 32.0 Å². The van der Waals surface area contributed by atoms with Crippen molar-refractivity contribution < 1.29 is 9.59 Å². The summed E-state index contributed by atoms with van der Waals surface area (Å²) in [6.07, 6.45) is 4.61. The summed E-state index contributed by atoms with van der Waals surface area (Å²) in [5, 5.41) is 5.15. The second-order valence-corrected chi connectivity index (χ2v) is 4.41. The first-order chi connectivity index (χ1) is 8.60. The van der Waals surface area contributed by atoms with E-state index < -0.39 is 6.03 Å². The fraction of sp³-hybridized carbons (Fsp3) is 0.833. The number of carbonyl (C=O) groups excluding carboxylic acids is 2. The van der Waals surface area contributed by atoms with Gasteiger partial charge in [0.2, 0.25) is 5.91 Å². The zero-order valence-electron chi connectivity index (χ0n) is 11.2. The Hall–Kier alpha value is -1.30. The summed E-state index contributed by atoms with van der Waals surface area (Å²) in [5.41, 5.74) is 10.4. The predicted octanol–water partition coefficient (Wildman–Crippen LogP) is 0.316. The van der Waals surface area contributed by atoms with Crippen molar-refractivity contribution in [1.82, 2.24) is 10.6 Å². The summed E-state index contributed by atoms with van der Waals surface area (Å²) in [6, 6.07) is -0.574. The minimum Gasteiger partial charge on any atom is -0.354 e. The molecule has 0 fully saturated rings. The number of hydrogen-bond acceptors (Lipinski definition) is 3. The van der Waals surface area contributed by atoms with Crippen LogP contribution in [0.3, 0.4) is 0 Å². The van der Waals surface area contributed by atoms with Crippen molar-refractivity contribution in [3.63, 3.8) is 0 Å². The summed E-state index contributed by atoms with van der Waals surface area (Å²) in [4.78, 5) is 21.9. The molecule has 0 rings (SSSR count). The second kappa shape index (κ2) is 10.8. The van der Waals surface area contributed by atoms with E-state index in [-0.39, 0.29) is 5.91 Å². The Labute approximate surface area is 109 Å². The molecule has 0 saturated heterocycles. The van der Waals surface area contributed by atoms with Gasteiger partial charge < -0.3 is 22.1 Å². The van der Waals surface area contributed by atoms with E-state index in [9.17, 15) is 9.59 Å². The Kier molecular flexibility index (Phi) is 10.0. The van der Waals surface area contributed by atoms with E-state index in [4.69, 9.17) is 11.5 Å². The lowest BCUT2D eigenvalue weighted by Crippen LogP contribution is -2.37. The first kappa shape index (κ1) is 16.7. The number of urea groups is 1. The van der Waals surface area contributed by atoms with Crippen molar-refractivity contribution in [3.8, 4) is 0 Å². The van der Waals surface area contributed by atoms with Crippen molar-refractivity contribution in [2.75, 3.05) is 19.6 Å². The molecule has 0 heterocycles. The fourth-order valence-electron chi connectivity index (χ4n) is 1.89. The van der Waals surface area contributed by atoms with Gasteiger partial charge in [-0.25, -0.2) is 4.79 Å². The molecule has 0 aromatic heterocycles. The molecule has 6 nitrogen and oxygen atoms in total. The monoisotopic (exact) mass is 258 g/mol.